The highest BCUT2D eigenvalue weighted by molar-refractivity contribution is 5.84. The van der Waals surface area contributed by atoms with Gasteiger partial charge in [-0.05, 0) is 34.2 Å². The van der Waals surface area contributed by atoms with E-state index >= 15 is 0 Å². The molecule has 1 aliphatic carbocycles. The van der Waals surface area contributed by atoms with Crippen molar-refractivity contribution in [1.82, 2.24) is 5.32 Å². The Hall–Kier alpha value is -2.91. The first-order chi connectivity index (χ1) is 13.2. The number of benzene rings is 3. The topological polar surface area (TPSA) is 38.3 Å². The Kier molecular flexibility index (Phi) is 4.54. The minimum absolute atomic E-state index is 0.241. The van der Waals surface area contributed by atoms with Crippen molar-refractivity contribution in [2.45, 2.75) is 24.9 Å². The van der Waals surface area contributed by atoms with Crippen LogP contribution in [-0.4, -0.2) is 19.1 Å². The minimum atomic E-state index is -0.594. The lowest BCUT2D eigenvalue weighted by molar-refractivity contribution is -0.143. The Balaban J connectivity index is 2.01. The smallest absolute Gasteiger partial charge is 0.322 e. The molecule has 3 aromatic carbocycles. The lowest BCUT2D eigenvalue weighted by Crippen LogP contribution is -2.51. The van der Waals surface area contributed by atoms with E-state index in [-0.39, 0.29) is 5.97 Å². The van der Waals surface area contributed by atoms with Gasteiger partial charge in [0.05, 0.1) is 12.6 Å². The van der Waals surface area contributed by atoms with Crippen molar-refractivity contribution in [3.8, 4) is 11.1 Å². The van der Waals surface area contributed by atoms with Gasteiger partial charge in [0.15, 0.2) is 0 Å². The molecule has 0 saturated carbocycles. The van der Waals surface area contributed by atoms with Gasteiger partial charge in [0.1, 0.15) is 6.04 Å². The van der Waals surface area contributed by atoms with E-state index < -0.39 is 11.6 Å². The Bertz CT molecular complexity index is 919. The van der Waals surface area contributed by atoms with Crippen LogP contribution < -0.4 is 5.32 Å². The van der Waals surface area contributed by atoms with Crippen molar-refractivity contribution in [2.75, 3.05) is 7.11 Å². The summed E-state index contributed by atoms with van der Waals surface area (Å²) in [6.07, 6.45) is 0.644. The number of carbonyl (C=O) groups excluding carboxylic acids is 1. The molecule has 0 fully saturated rings. The van der Waals surface area contributed by atoms with E-state index in [2.05, 4.69) is 66.0 Å². The minimum Gasteiger partial charge on any atom is -0.468 e. The van der Waals surface area contributed by atoms with E-state index in [1.54, 1.807) is 0 Å². The average molecular weight is 357 g/mol. The summed E-state index contributed by atoms with van der Waals surface area (Å²) in [7, 11) is 1.44. The molecular weight excluding hydrogens is 334 g/mol. The summed E-state index contributed by atoms with van der Waals surface area (Å²) in [4.78, 5) is 12.4. The van der Waals surface area contributed by atoms with Crippen molar-refractivity contribution >= 4 is 5.97 Å². The van der Waals surface area contributed by atoms with E-state index in [9.17, 15) is 4.79 Å². The molecule has 1 atom stereocenters. The molecule has 3 nitrogen and oxygen atoms in total. The lowest BCUT2D eigenvalue weighted by atomic mass is 9.80. The average Bonchev–Trinajstić information content (AvgIpc) is 3.03. The fraction of sp³-hybridized carbons (Fsp3) is 0.208. The monoisotopic (exact) mass is 357 g/mol. The van der Waals surface area contributed by atoms with Crippen LogP contribution in [0.2, 0.25) is 0 Å². The summed E-state index contributed by atoms with van der Waals surface area (Å²) < 4.78 is 5.07. The zero-order valence-corrected chi connectivity index (χ0v) is 15.6. The predicted molar refractivity (Wildman–Crippen MR) is 107 cm³/mol. The van der Waals surface area contributed by atoms with Crippen molar-refractivity contribution in [1.29, 1.82) is 0 Å². The van der Waals surface area contributed by atoms with Gasteiger partial charge in [-0.1, -0.05) is 85.8 Å². The van der Waals surface area contributed by atoms with Gasteiger partial charge in [-0.25, -0.2) is 0 Å². The second kappa shape index (κ2) is 7.01. The molecule has 0 heterocycles. The standard InChI is InChI=1S/C24H23NO2/c1-3-22(23(26)27-2)25-24(17-11-5-4-6-12-17)20-15-9-7-13-18(20)19-14-8-10-16-21(19)24/h4-16,22,25H,3H2,1-2H3. The van der Waals surface area contributed by atoms with Gasteiger partial charge in [-0.3, -0.25) is 10.1 Å². The lowest BCUT2D eigenvalue weighted by Gasteiger charge is -2.36. The van der Waals surface area contributed by atoms with E-state index in [4.69, 9.17) is 4.74 Å². The number of hydrogen-bond acceptors (Lipinski definition) is 3. The molecule has 0 bridgehead atoms. The molecule has 0 aromatic heterocycles. The fourth-order valence-electron chi connectivity index (χ4n) is 4.20. The summed E-state index contributed by atoms with van der Waals surface area (Å²) in [6.45, 7) is 2.00. The van der Waals surface area contributed by atoms with Gasteiger partial charge in [0, 0.05) is 0 Å². The summed E-state index contributed by atoms with van der Waals surface area (Å²) in [5, 5.41) is 3.68. The first-order valence-electron chi connectivity index (χ1n) is 9.32. The molecule has 27 heavy (non-hydrogen) atoms. The number of ether oxygens (including phenoxy) is 1. The SMILES string of the molecule is CCC(NC1(c2ccccc2)c2ccccc2-c2ccccc21)C(=O)OC. The molecule has 136 valence electrons. The molecule has 1 unspecified atom stereocenters. The summed E-state index contributed by atoms with van der Waals surface area (Å²) in [6, 6.07) is 26.8. The first-order valence-corrected chi connectivity index (χ1v) is 9.32. The van der Waals surface area contributed by atoms with E-state index in [0.29, 0.717) is 6.42 Å². The Morgan fingerprint density at radius 1 is 0.889 bits per heavy atom. The third kappa shape index (κ3) is 2.66. The van der Waals surface area contributed by atoms with Gasteiger partial charge in [0.25, 0.3) is 0 Å². The Morgan fingerprint density at radius 2 is 1.41 bits per heavy atom. The zero-order chi connectivity index (χ0) is 18.9. The molecule has 0 spiro atoms. The van der Waals surface area contributed by atoms with Crippen molar-refractivity contribution in [3.05, 3.63) is 95.6 Å². The highest BCUT2D eigenvalue weighted by atomic mass is 16.5. The molecule has 3 aromatic rings. The Morgan fingerprint density at radius 3 is 1.93 bits per heavy atom. The molecule has 0 radical (unpaired) electrons. The largest absolute Gasteiger partial charge is 0.468 e. The summed E-state index contributed by atoms with van der Waals surface area (Å²) in [5.74, 6) is -0.241. The van der Waals surface area contributed by atoms with Crippen LogP contribution in [0, 0.1) is 0 Å². The van der Waals surface area contributed by atoms with E-state index in [0.717, 1.165) is 5.56 Å². The van der Waals surface area contributed by atoms with Crippen LogP contribution in [0.3, 0.4) is 0 Å². The van der Waals surface area contributed by atoms with E-state index in [1.807, 2.05) is 25.1 Å². The highest BCUT2D eigenvalue weighted by Crippen LogP contribution is 2.51. The predicted octanol–water partition coefficient (Wildman–Crippen LogP) is 4.50. The van der Waals surface area contributed by atoms with Gasteiger partial charge >= 0.3 is 5.97 Å². The molecule has 0 saturated heterocycles. The normalized spacial score (nSPS) is 14.9. The molecule has 1 N–H and O–H groups in total. The number of fused-ring (bicyclic) bond motifs is 3. The second-order valence-electron chi connectivity index (χ2n) is 6.84. The quantitative estimate of drug-likeness (QED) is 0.683. The first kappa shape index (κ1) is 17.5. The summed E-state index contributed by atoms with van der Waals surface area (Å²) in [5.41, 5.74) is 5.25. The molecule has 3 heteroatoms. The van der Waals surface area contributed by atoms with Crippen LogP contribution >= 0.6 is 0 Å². The number of methoxy groups -OCH3 is 1. The van der Waals surface area contributed by atoms with Crippen LogP contribution in [0.5, 0.6) is 0 Å². The third-order valence-electron chi connectivity index (χ3n) is 5.44. The maximum absolute atomic E-state index is 12.4. The highest BCUT2D eigenvalue weighted by Gasteiger charge is 2.46. The maximum Gasteiger partial charge on any atom is 0.322 e. The number of carbonyl (C=O) groups is 1. The van der Waals surface area contributed by atoms with Crippen LogP contribution in [0.25, 0.3) is 11.1 Å². The van der Waals surface area contributed by atoms with Crippen LogP contribution in [0.15, 0.2) is 78.9 Å². The van der Waals surface area contributed by atoms with Gasteiger partial charge in [-0.2, -0.15) is 0 Å². The second-order valence-corrected chi connectivity index (χ2v) is 6.84. The van der Waals surface area contributed by atoms with Gasteiger partial charge in [0.2, 0.25) is 0 Å². The molecule has 4 rings (SSSR count). The third-order valence-corrected chi connectivity index (χ3v) is 5.44. The van der Waals surface area contributed by atoms with Crippen molar-refractivity contribution < 1.29 is 9.53 Å². The molecule has 1 aliphatic rings. The van der Waals surface area contributed by atoms with Crippen molar-refractivity contribution in [3.63, 3.8) is 0 Å². The fourth-order valence-corrected chi connectivity index (χ4v) is 4.20. The van der Waals surface area contributed by atoms with Crippen LogP contribution in [0.1, 0.15) is 30.0 Å². The van der Waals surface area contributed by atoms with Gasteiger partial charge in [-0.15, -0.1) is 0 Å². The summed E-state index contributed by atoms with van der Waals surface area (Å²) >= 11 is 0. The number of hydrogen-bond donors (Lipinski definition) is 1. The van der Waals surface area contributed by atoms with Gasteiger partial charge < -0.3 is 4.74 Å². The van der Waals surface area contributed by atoms with Crippen LogP contribution in [-0.2, 0) is 15.1 Å². The Labute approximate surface area is 160 Å². The molecule has 0 amide bonds. The molecular formula is C24H23NO2. The van der Waals surface area contributed by atoms with E-state index in [1.165, 1.54) is 29.4 Å². The number of rotatable bonds is 5. The maximum atomic E-state index is 12.4. The van der Waals surface area contributed by atoms with Crippen molar-refractivity contribution in [2.24, 2.45) is 0 Å². The van der Waals surface area contributed by atoms with Crippen LogP contribution in [0.4, 0.5) is 0 Å². The number of esters is 1. The molecule has 0 aliphatic heterocycles. The number of nitrogens with one attached hydrogen (secondary N) is 1. The zero-order valence-electron chi connectivity index (χ0n) is 15.6.